The number of nitrogens with zero attached hydrogens (tertiary/aromatic N) is 3. The molecule has 2 heterocycles. The van der Waals surface area contributed by atoms with Crippen LogP contribution in [0.25, 0.3) is 0 Å². The molecule has 0 unspecified atom stereocenters. The van der Waals surface area contributed by atoms with Gasteiger partial charge in [0.15, 0.2) is 0 Å². The van der Waals surface area contributed by atoms with Crippen molar-refractivity contribution in [2.24, 2.45) is 5.92 Å². The molecule has 1 fully saturated rings. The predicted molar refractivity (Wildman–Crippen MR) is 91.5 cm³/mol. The lowest BCUT2D eigenvalue weighted by molar-refractivity contribution is 0.121. The van der Waals surface area contributed by atoms with Crippen molar-refractivity contribution in [3.8, 4) is 0 Å². The monoisotopic (exact) mass is 349 g/mol. The summed E-state index contributed by atoms with van der Waals surface area (Å²) in [6, 6.07) is 7.02. The van der Waals surface area contributed by atoms with Gasteiger partial charge in [-0.05, 0) is 37.1 Å². The first kappa shape index (κ1) is 17.3. The van der Waals surface area contributed by atoms with Gasteiger partial charge in [0, 0.05) is 36.9 Å². The highest BCUT2D eigenvalue weighted by Gasteiger charge is 2.20. The normalized spacial score (nSPS) is 19.2. The fraction of sp³-hybridized carbons (Fsp3) is 0.444. The van der Waals surface area contributed by atoms with Gasteiger partial charge in [-0.25, -0.2) is 14.4 Å². The summed E-state index contributed by atoms with van der Waals surface area (Å²) >= 11 is 5.76. The van der Waals surface area contributed by atoms with Gasteiger partial charge in [0.1, 0.15) is 12.1 Å². The molecule has 0 spiro atoms. The lowest BCUT2D eigenvalue weighted by Crippen LogP contribution is -2.30. The van der Waals surface area contributed by atoms with Crippen LogP contribution < -0.4 is 0 Å². The van der Waals surface area contributed by atoms with Gasteiger partial charge in [-0.2, -0.15) is 0 Å². The Morgan fingerprint density at radius 2 is 2.21 bits per heavy atom. The minimum Gasteiger partial charge on any atom is -0.380 e. The summed E-state index contributed by atoms with van der Waals surface area (Å²) in [6.45, 7) is 5.80. The first-order chi connectivity index (χ1) is 11.6. The molecule has 1 atom stereocenters. The molecule has 4 nitrogen and oxygen atoms in total. The van der Waals surface area contributed by atoms with E-state index in [1.165, 1.54) is 6.07 Å². The molecule has 1 aliphatic heterocycles. The molecule has 0 aliphatic carbocycles. The molecule has 24 heavy (non-hydrogen) atoms. The van der Waals surface area contributed by atoms with Crippen LogP contribution in [0.4, 0.5) is 4.39 Å². The van der Waals surface area contributed by atoms with Crippen molar-refractivity contribution in [1.82, 2.24) is 14.9 Å². The van der Waals surface area contributed by atoms with E-state index in [1.807, 2.05) is 19.1 Å². The minimum atomic E-state index is -0.367. The Labute approximate surface area is 146 Å². The zero-order valence-corrected chi connectivity index (χ0v) is 14.5. The lowest BCUT2D eigenvalue weighted by Gasteiger charge is -2.23. The third-order valence-corrected chi connectivity index (χ3v) is 4.48. The third-order valence-electron chi connectivity index (χ3n) is 4.17. The van der Waals surface area contributed by atoms with Crippen molar-refractivity contribution < 1.29 is 9.13 Å². The molecular weight excluding hydrogens is 329 g/mol. The maximum absolute atomic E-state index is 13.6. The highest BCUT2D eigenvalue weighted by atomic mass is 35.5. The average molecular weight is 350 g/mol. The van der Waals surface area contributed by atoms with Gasteiger partial charge in [-0.3, -0.25) is 4.90 Å². The van der Waals surface area contributed by atoms with E-state index in [4.69, 9.17) is 16.3 Å². The molecule has 1 saturated heterocycles. The number of aromatic nitrogens is 2. The topological polar surface area (TPSA) is 38.2 Å². The molecule has 0 bridgehead atoms. The molecule has 6 heteroatoms. The summed E-state index contributed by atoms with van der Waals surface area (Å²) in [5.74, 6) is -0.00723. The number of hydrogen-bond acceptors (Lipinski definition) is 4. The van der Waals surface area contributed by atoms with Crippen molar-refractivity contribution in [1.29, 1.82) is 0 Å². The Morgan fingerprint density at radius 3 is 3.00 bits per heavy atom. The smallest absolute Gasteiger partial charge is 0.142 e. The first-order valence-corrected chi connectivity index (χ1v) is 8.49. The standard InChI is InChI=1S/C18H21ClFN3O/c1-13-6-16(22-12-21-13)7-15-10-23(4-5-24-11-15)9-14-2-3-17(19)18(20)8-14/h2-3,6,8,12,15H,4-5,7,9-11H2,1H3/t15-/m0/s1. The fourth-order valence-corrected chi connectivity index (χ4v) is 3.15. The lowest BCUT2D eigenvalue weighted by atomic mass is 10.0. The highest BCUT2D eigenvalue weighted by Crippen LogP contribution is 2.19. The van der Waals surface area contributed by atoms with Crippen molar-refractivity contribution in [2.45, 2.75) is 19.9 Å². The summed E-state index contributed by atoms with van der Waals surface area (Å²) in [5, 5.41) is 0.162. The van der Waals surface area contributed by atoms with Crippen LogP contribution in [-0.2, 0) is 17.7 Å². The quantitative estimate of drug-likeness (QED) is 0.849. The molecule has 0 N–H and O–H groups in total. The fourth-order valence-electron chi connectivity index (χ4n) is 3.03. The molecule has 0 saturated carbocycles. The number of halogens is 2. The zero-order chi connectivity index (χ0) is 16.9. The number of aryl methyl sites for hydroxylation is 1. The van der Waals surface area contributed by atoms with E-state index < -0.39 is 0 Å². The van der Waals surface area contributed by atoms with Gasteiger partial charge in [-0.15, -0.1) is 0 Å². The Bertz CT molecular complexity index is 698. The summed E-state index contributed by atoms with van der Waals surface area (Å²) in [7, 11) is 0. The third kappa shape index (κ3) is 4.72. The molecule has 1 aliphatic rings. The van der Waals surface area contributed by atoms with Crippen LogP contribution >= 0.6 is 11.6 Å². The molecule has 0 amide bonds. The molecule has 1 aromatic carbocycles. The largest absolute Gasteiger partial charge is 0.380 e. The van der Waals surface area contributed by atoms with E-state index >= 15 is 0 Å². The van der Waals surface area contributed by atoms with Crippen LogP contribution in [0.15, 0.2) is 30.6 Å². The van der Waals surface area contributed by atoms with Crippen LogP contribution in [0.3, 0.4) is 0 Å². The van der Waals surface area contributed by atoms with Crippen LogP contribution in [0.2, 0.25) is 5.02 Å². The average Bonchev–Trinajstić information content (AvgIpc) is 2.76. The van der Waals surface area contributed by atoms with Crippen LogP contribution in [-0.4, -0.2) is 41.2 Å². The number of rotatable bonds is 4. The number of ether oxygens (including phenoxy) is 1. The Kier molecular flexibility index (Phi) is 5.76. The van der Waals surface area contributed by atoms with E-state index in [0.29, 0.717) is 25.7 Å². The zero-order valence-electron chi connectivity index (χ0n) is 13.7. The maximum atomic E-state index is 13.6. The molecule has 0 radical (unpaired) electrons. The van der Waals surface area contributed by atoms with E-state index in [2.05, 4.69) is 14.9 Å². The second-order valence-corrected chi connectivity index (χ2v) is 6.69. The molecule has 1 aromatic heterocycles. The Morgan fingerprint density at radius 1 is 1.33 bits per heavy atom. The molecule has 128 valence electrons. The van der Waals surface area contributed by atoms with Crippen molar-refractivity contribution in [3.05, 3.63) is 58.4 Å². The van der Waals surface area contributed by atoms with E-state index in [0.717, 1.165) is 36.5 Å². The predicted octanol–water partition coefficient (Wildman–Crippen LogP) is 3.27. The van der Waals surface area contributed by atoms with Crippen LogP contribution in [0.1, 0.15) is 17.0 Å². The Hall–Kier alpha value is -1.56. The van der Waals surface area contributed by atoms with Crippen molar-refractivity contribution in [2.75, 3.05) is 26.3 Å². The van der Waals surface area contributed by atoms with Gasteiger partial charge < -0.3 is 4.74 Å². The summed E-state index contributed by atoms with van der Waals surface area (Å²) in [6.07, 6.45) is 2.46. The molecule has 3 rings (SSSR count). The second kappa shape index (κ2) is 8.01. The minimum absolute atomic E-state index is 0.162. The summed E-state index contributed by atoms with van der Waals surface area (Å²) < 4.78 is 19.4. The van der Waals surface area contributed by atoms with E-state index in [9.17, 15) is 4.39 Å². The van der Waals surface area contributed by atoms with Gasteiger partial charge in [0.2, 0.25) is 0 Å². The van der Waals surface area contributed by atoms with Gasteiger partial charge in [0.05, 0.1) is 18.2 Å². The van der Waals surface area contributed by atoms with Crippen LogP contribution in [0.5, 0.6) is 0 Å². The van der Waals surface area contributed by atoms with Gasteiger partial charge >= 0.3 is 0 Å². The molecule has 2 aromatic rings. The summed E-state index contributed by atoms with van der Waals surface area (Å²) in [5.41, 5.74) is 2.94. The van der Waals surface area contributed by atoms with Gasteiger partial charge in [0.25, 0.3) is 0 Å². The summed E-state index contributed by atoms with van der Waals surface area (Å²) in [4.78, 5) is 10.8. The first-order valence-electron chi connectivity index (χ1n) is 8.11. The van der Waals surface area contributed by atoms with E-state index in [1.54, 1.807) is 12.4 Å². The Balaban J connectivity index is 1.64. The molecular formula is C18H21ClFN3O. The second-order valence-electron chi connectivity index (χ2n) is 6.28. The van der Waals surface area contributed by atoms with Gasteiger partial charge in [-0.1, -0.05) is 17.7 Å². The number of benzene rings is 1. The maximum Gasteiger partial charge on any atom is 0.142 e. The van der Waals surface area contributed by atoms with Crippen molar-refractivity contribution in [3.63, 3.8) is 0 Å². The number of hydrogen-bond donors (Lipinski definition) is 0. The SMILES string of the molecule is Cc1cc(C[C@@H]2COCCN(Cc3ccc(Cl)c(F)c3)C2)ncn1. The highest BCUT2D eigenvalue weighted by molar-refractivity contribution is 6.30. The van der Waals surface area contributed by atoms with Crippen molar-refractivity contribution >= 4 is 11.6 Å². The van der Waals surface area contributed by atoms with E-state index in [-0.39, 0.29) is 10.8 Å². The van der Waals surface area contributed by atoms with Crippen LogP contribution in [0, 0.1) is 18.7 Å².